The molecule has 0 bridgehead atoms. The summed E-state index contributed by atoms with van der Waals surface area (Å²) in [6, 6.07) is 15.3. The van der Waals surface area contributed by atoms with Gasteiger partial charge in [0.1, 0.15) is 6.61 Å². The molecule has 4 nitrogen and oxygen atoms in total. The second kappa shape index (κ2) is 5.64. The molecule has 3 aromatic rings. The maximum Gasteiger partial charge on any atom is 0.161 e. The number of aromatic hydroxyl groups is 1. The largest absolute Gasteiger partial charge is 0.504 e. The smallest absolute Gasteiger partial charge is 0.161 e. The summed E-state index contributed by atoms with van der Waals surface area (Å²) in [6.07, 6.45) is 0. The number of hydrogen-bond donors (Lipinski definition) is 2. The molecular formula is C18H20N2O2. The zero-order valence-electron chi connectivity index (χ0n) is 12.8. The van der Waals surface area contributed by atoms with E-state index >= 15 is 0 Å². The van der Waals surface area contributed by atoms with Crippen molar-refractivity contribution in [1.82, 2.24) is 4.57 Å². The summed E-state index contributed by atoms with van der Waals surface area (Å²) in [5.41, 5.74) is 8.82. The lowest BCUT2D eigenvalue weighted by Crippen LogP contribution is -2.08. The lowest BCUT2D eigenvalue weighted by atomic mass is 10.2. The summed E-state index contributed by atoms with van der Waals surface area (Å²) >= 11 is 0. The first kappa shape index (κ1) is 14.3. The molecule has 0 spiro atoms. The minimum absolute atomic E-state index is 0.152. The van der Waals surface area contributed by atoms with E-state index < -0.39 is 0 Å². The molecule has 0 amide bonds. The van der Waals surface area contributed by atoms with Gasteiger partial charge in [0.2, 0.25) is 0 Å². The van der Waals surface area contributed by atoms with E-state index in [1.165, 1.54) is 0 Å². The van der Waals surface area contributed by atoms with Gasteiger partial charge in [-0.05, 0) is 50.2 Å². The minimum atomic E-state index is 0.152. The highest BCUT2D eigenvalue weighted by Gasteiger charge is 2.13. The molecule has 4 heteroatoms. The molecule has 0 unspecified atom stereocenters. The maximum absolute atomic E-state index is 9.79. The monoisotopic (exact) mass is 296 g/mol. The third kappa shape index (κ3) is 2.60. The highest BCUT2D eigenvalue weighted by Crippen LogP contribution is 2.29. The van der Waals surface area contributed by atoms with Gasteiger partial charge < -0.3 is 20.1 Å². The van der Waals surface area contributed by atoms with Crippen molar-refractivity contribution in [2.24, 2.45) is 0 Å². The summed E-state index contributed by atoms with van der Waals surface area (Å²) in [7, 11) is 0. The van der Waals surface area contributed by atoms with Crippen LogP contribution in [0.5, 0.6) is 11.5 Å². The molecule has 0 aliphatic heterocycles. The Morgan fingerprint density at radius 1 is 1.14 bits per heavy atom. The van der Waals surface area contributed by atoms with Crippen molar-refractivity contribution < 1.29 is 9.84 Å². The molecule has 0 saturated carbocycles. The van der Waals surface area contributed by atoms with Gasteiger partial charge in [0.15, 0.2) is 11.5 Å². The van der Waals surface area contributed by atoms with E-state index in [1.54, 1.807) is 18.2 Å². The van der Waals surface area contributed by atoms with E-state index in [4.69, 9.17) is 10.5 Å². The number of para-hydroxylation sites is 2. The molecule has 0 aliphatic rings. The number of benzene rings is 2. The van der Waals surface area contributed by atoms with Crippen LogP contribution in [0.15, 0.2) is 48.5 Å². The molecule has 0 radical (unpaired) electrons. The standard InChI is InChI=1S/C18H20N2O2/c1-12(2)20-15(10-13-9-14(19)7-8-16(13)20)11-22-18-6-4-3-5-17(18)21/h3-10,12,21H,11,19H2,1-2H3. The van der Waals surface area contributed by atoms with Gasteiger partial charge in [0, 0.05) is 22.6 Å². The van der Waals surface area contributed by atoms with Crippen LogP contribution in [0.25, 0.3) is 10.9 Å². The Morgan fingerprint density at radius 2 is 1.91 bits per heavy atom. The summed E-state index contributed by atoms with van der Waals surface area (Å²) in [6.45, 7) is 4.67. The Bertz CT molecular complexity index is 806. The summed E-state index contributed by atoms with van der Waals surface area (Å²) in [5, 5.41) is 10.9. The molecule has 114 valence electrons. The summed E-state index contributed by atoms with van der Waals surface area (Å²) in [4.78, 5) is 0. The van der Waals surface area contributed by atoms with Crippen LogP contribution >= 0.6 is 0 Å². The number of nitrogen functional groups attached to an aromatic ring is 1. The third-order valence-corrected chi connectivity index (χ3v) is 3.70. The van der Waals surface area contributed by atoms with Gasteiger partial charge in [-0.1, -0.05) is 12.1 Å². The van der Waals surface area contributed by atoms with Gasteiger partial charge in [-0.3, -0.25) is 0 Å². The molecule has 3 rings (SSSR count). The quantitative estimate of drug-likeness (QED) is 0.713. The number of phenols is 1. The van der Waals surface area contributed by atoms with E-state index in [-0.39, 0.29) is 5.75 Å². The van der Waals surface area contributed by atoms with Gasteiger partial charge in [0.05, 0.1) is 5.69 Å². The number of hydrogen-bond acceptors (Lipinski definition) is 3. The molecule has 0 aliphatic carbocycles. The van der Waals surface area contributed by atoms with E-state index in [1.807, 2.05) is 24.3 Å². The predicted octanol–water partition coefficient (Wildman–Crippen LogP) is 4.09. The van der Waals surface area contributed by atoms with Crippen molar-refractivity contribution in [3.8, 4) is 11.5 Å². The van der Waals surface area contributed by atoms with E-state index in [0.29, 0.717) is 18.4 Å². The predicted molar refractivity (Wildman–Crippen MR) is 89.2 cm³/mol. The summed E-state index contributed by atoms with van der Waals surface area (Å²) in [5.74, 6) is 0.640. The summed E-state index contributed by atoms with van der Waals surface area (Å²) < 4.78 is 8.00. The highest BCUT2D eigenvalue weighted by atomic mass is 16.5. The molecule has 1 heterocycles. The van der Waals surface area contributed by atoms with Crippen molar-refractivity contribution in [3.05, 3.63) is 54.2 Å². The van der Waals surface area contributed by atoms with Crippen LogP contribution in [0, 0.1) is 0 Å². The van der Waals surface area contributed by atoms with Crippen LogP contribution in [0.1, 0.15) is 25.6 Å². The fourth-order valence-electron chi connectivity index (χ4n) is 2.76. The zero-order valence-corrected chi connectivity index (χ0v) is 12.8. The number of rotatable bonds is 4. The molecule has 1 aromatic heterocycles. The average molecular weight is 296 g/mol. The SMILES string of the molecule is CC(C)n1c(COc2ccccc2O)cc2cc(N)ccc21. The van der Waals surface area contributed by atoms with Gasteiger partial charge in [-0.15, -0.1) is 0 Å². The number of nitrogens with zero attached hydrogens (tertiary/aromatic N) is 1. The van der Waals surface area contributed by atoms with Crippen LogP contribution in [0.2, 0.25) is 0 Å². The van der Waals surface area contributed by atoms with Gasteiger partial charge >= 0.3 is 0 Å². The van der Waals surface area contributed by atoms with Gasteiger partial charge in [0.25, 0.3) is 0 Å². The lowest BCUT2D eigenvalue weighted by molar-refractivity contribution is 0.278. The molecule has 0 atom stereocenters. The molecule has 0 fully saturated rings. The van der Waals surface area contributed by atoms with Crippen LogP contribution < -0.4 is 10.5 Å². The molecule has 0 saturated heterocycles. The lowest BCUT2D eigenvalue weighted by Gasteiger charge is -2.15. The minimum Gasteiger partial charge on any atom is -0.504 e. The first-order chi connectivity index (χ1) is 10.6. The highest BCUT2D eigenvalue weighted by molar-refractivity contribution is 5.84. The number of anilines is 1. The number of ether oxygens (including phenoxy) is 1. The van der Waals surface area contributed by atoms with Crippen LogP contribution in [-0.2, 0) is 6.61 Å². The van der Waals surface area contributed by atoms with E-state index in [2.05, 4.69) is 24.5 Å². The number of fused-ring (bicyclic) bond motifs is 1. The first-order valence-corrected chi connectivity index (χ1v) is 7.36. The maximum atomic E-state index is 9.79. The Balaban J connectivity index is 1.96. The topological polar surface area (TPSA) is 60.4 Å². The first-order valence-electron chi connectivity index (χ1n) is 7.36. The Morgan fingerprint density at radius 3 is 2.64 bits per heavy atom. The average Bonchev–Trinajstić information content (AvgIpc) is 2.84. The normalized spacial score (nSPS) is 11.2. The molecule has 3 N–H and O–H groups in total. The van der Waals surface area contributed by atoms with Crippen LogP contribution in [-0.4, -0.2) is 9.67 Å². The van der Waals surface area contributed by atoms with Crippen molar-refractivity contribution >= 4 is 16.6 Å². The zero-order chi connectivity index (χ0) is 15.7. The molecule has 2 aromatic carbocycles. The van der Waals surface area contributed by atoms with Crippen LogP contribution in [0.4, 0.5) is 5.69 Å². The van der Waals surface area contributed by atoms with E-state index in [9.17, 15) is 5.11 Å². The Labute approximate surface area is 129 Å². The molecule has 22 heavy (non-hydrogen) atoms. The van der Waals surface area contributed by atoms with Crippen molar-refractivity contribution in [2.45, 2.75) is 26.5 Å². The van der Waals surface area contributed by atoms with Gasteiger partial charge in [-0.25, -0.2) is 0 Å². The van der Waals surface area contributed by atoms with E-state index in [0.717, 1.165) is 22.3 Å². The van der Waals surface area contributed by atoms with Crippen molar-refractivity contribution in [1.29, 1.82) is 0 Å². The number of aromatic nitrogens is 1. The Kier molecular flexibility index (Phi) is 3.67. The van der Waals surface area contributed by atoms with Crippen molar-refractivity contribution in [2.75, 3.05) is 5.73 Å². The number of phenolic OH excluding ortho intramolecular Hbond substituents is 1. The van der Waals surface area contributed by atoms with Gasteiger partial charge in [-0.2, -0.15) is 0 Å². The third-order valence-electron chi connectivity index (χ3n) is 3.70. The van der Waals surface area contributed by atoms with Crippen molar-refractivity contribution in [3.63, 3.8) is 0 Å². The fraction of sp³-hybridized carbons (Fsp3) is 0.222. The Hall–Kier alpha value is -2.62. The molecular weight excluding hydrogens is 276 g/mol. The second-order valence-electron chi connectivity index (χ2n) is 5.67. The van der Waals surface area contributed by atoms with Crippen LogP contribution in [0.3, 0.4) is 0 Å². The second-order valence-corrected chi connectivity index (χ2v) is 5.67. The fourth-order valence-corrected chi connectivity index (χ4v) is 2.76. The number of nitrogens with two attached hydrogens (primary N) is 1.